The summed E-state index contributed by atoms with van der Waals surface area (Å²) in [5.74, 6) is -0.660. The fourth-order valence-corrected chi connectivity index (χ4v) is 8.93. The quantitative estimate of drug-likeness (QED) is 0.0691. The Kier molecular flexibility index (Phi) is 11.7. The largest absolute Gasteiger partial charge is 0.457 e. The number of nitrogen functional groups attached to an aromatic ring is 1. The third-order valence-electron chi connectivity index (χ3n) is 11.0. The molecule has 0 radical (unpaired) electrons. The first-order valence-corrected chi connectivity index (χ1v) is 20.9. The lowest BCUT2D eigenvalue weighted by molar-refractivity contribution is -0.136. The number of ether oxygens (including phenoxy) is 1. The number of thioether (sulfide) groups is 1. The van der Waals surface area contributed by atoms with Crippen molar-refractivity contribution in [2.75, 3.05) is 24.6 Å². The van der Waals surface area contributed by atoms with Crippen molar-refractivity contribution in [3.63, 3.8) is 0 Å². The Morgan fingerprint density at radius 3 is 2.41 bits per heavy atom. The number of fused-ring (bicyclic) bond motifs is 2. The molecule has 2 saturated heterocycles. The molecule has 16 heteroatoms. The van der Waals surface area contributed by atoms with Gasteiger partial charge in [0.1, 0.15) is 41.2 Å². The number of piperidine rings is 2. The first kappa shape index (κ1) is 39.7. The molecule has 3 N–H and O–H groups in total. The maximum atomic E-state index is 15.0. The molecule has 2 unspecified atom stereocenters. The van der Waals surface area contributed by atoms with Crippen molar-refractivity contribution in [1.82, 2.24) is 34.9 Å². The molecule has 8 rings (SSSR count). The molecule has 3 aromatic carbocycles. The lowest BCUT2D eigenvalue weighted by Gasteiger charge is -2.33. The molecule has 3 aliphatic rings. The highest BCUT2D eigenvalue weighted by molar-refractivity contribution is 7.99. The van der Waals surface area contributed by atoms with Gasteiger partial charge in [0.2, 0.25) is 17.7 Å². The van der Waals surface area contributed by atoms with E-state index in [9.17, 15) is 24.0 Å². The van der Waals surface area contributed by atoms with Crippen LogP contribution in [0.4, 0.5) is 10.2 Å². The molecule has 0 bridgehead atoms. The number of rotatable bonds is 14. The number of aromatic nitrogens is 4. The fraction of sp³-hybridized carbons (Fsp3) is 0.349. The third-order valence-corrected chi connectivity index (χ3v) is 12.1. The van der Waals surface area contributed by atoms with E-state index in [2.05, 4.69) is 15.3 Å². The van der Waals surface area contributed by atoms with Crippen molar-refractivity contribution in [3.05, 3.63) is 90.0 Å². The van der Waals surface area contributed by atoms with Crippen LogP contribution in [0.3, 0.4) is 0 Å². The fourth-order valence-electron chi connectivity index (χ4n) is 7.97. The molecule has 304 valence electrons. The number of likely N-dealkylation sites (tertiary alicyclic amines) is 1. The molecule has 14 nitrogen and oxygen atoms in total. The Morgan fingerprint density at radius 2 is 1.63 bits per heavy atom. The normalized spacial score (nSPS) is 18.1. The zero-order valence-electron chi connectivity index (χ0n) is 32.3. The molecular formula is C43H43FN8O6S. The molecule has 2 aromatic heterocycles. The summed E-state index contributed by atoms with van der Waals surface area (Å²) >= 11 is 1.27. The van der Waals surface area contributed by atoms with E-state index in [1.54, 1.807) is 0 Å². The summed E-state index contributed by atoms with van der Waals surface area (Å²) in [5.41, 5.74) is 8.53. The minimum atomic E-state index is -1.10. The average Bonchev–Trinajstić information content (AvgIpc) is 3.74. The van der Waals surface area contributed by atoms with Crippen molar-refractivity contribution >= 4 is 58.1 Å². The number of unbranched alkanes of at least 4 members (excludes halogenated alkanes) is 4. The van der Waals surface area contributed by atoms with Crippen molar-refractivity contribution in [1.29, 1.82) is 0 Å². The number of hydrogen-bond acceptors (Lipinski definition) is 11. The highest BCUT2D eigenvalue weighted by Crippen LogP contribution is 2.36. The van der Waals surface area contributed by atoms with Gasteiger partial charge in [-0.15, -0.1) is 11.8 Å². The molecule has 2 fully saturated rings. The van der Waals surface area contributed by atoms with Gasteiger partial charge in [-0.2, -0.15) is 5.10 Å². The van der Waals surface area contributed by atoms with E-state index in [0.717, 1.165) is 67.2 Å². The average molecular weight is 819 g/mol. The standard InChI is InChI=1S/C43H43FN8O6S/c44-32-22-30-31(43(57)51(42(30)56)33-18-19-35(53)48-41(33)55)23-34(32)59-21-8-3-1-2-7-13-36(54)50-20-9-10-27(24-50)52-40-37(39(45)46-25-47-40)38(49-52)26-14-16-29(17-15-26)58-28-11-5-4-6-12-28/h4-6,11-12,14-17,22-23,25,27,33H,1-3,7-10,13,18-21,24H2,(H2,45,46,47)(H,48,53,55). The summed E-state index contributed by atoms with van der Waals surface area (Å²) in [7, 11) is 0. The van der Waals surface area contributed by atoms with E-state index in [1.165, 1.54) is 24.2 Å². The number of para-hydroxylation sites is 1. The van der Waals surface area contributed by atoms with Crippen LogP contribution in [0.2, 0.25) is 0 Å². The van der Waals surface area contributed by atoms with E-state index in [0.29, 0.717) is 53.6 Å². The van der Waals surface area contributed by atoms with Crippen molar-refractivity contribution in [2.24, 2.45) is 0 Å². The van der Waals surface area contributed by atoms with Crippen LogP contribution < -0.4 is 15.8 Å². The van der Waals surface area contributed by atoms with Gasteiger partial charge in [-0.25, -0.2) is 19.0 Å². The van der Waals surface area contributed by atoms with Gasteiger partial charge in [0.05, 0.1) is 22.6 Å². The van der Waals surface area contributed by atoms with Crippen LogP contribution in [0.5, 0.6) is 11.5 Å². The number of benzene rings is 3. The lowest BCUT2D eigenvalue weighted by Crippen LogP contribution is -2.54. The van der Waals surface area contributed by atoms with E-state index in [-0.39, 0.29) is 40.8 Å². The maximum absolute atomic E-state index is 15.0. The Hall–Kier alpha value is -6.16. The van der Waals surface area contributed by atoms with Gasteiger partial charge in [-0.1, -0.05) is 37.5 Å². The Morgan fingerprint density at radius 1 is 0.898 bits per heavy atom. The Labute approximate surface area is 343 Å². The predicted molar refractivity (Wildman–Crippen MR) is 218 cm³/mol. The second-order valence-electron chi connectivity index (χ2n) is 15.0. The number of anilines is 1. The molecule has 59 heavy (non-hydrogen) atoms. The van der Waals surface area contributed by atoms with Crippen LogP contribution >= 0.6 is 11.8 Å². The molecule has 5 amide bonds. The summed E-state index contributed by atoms with van der Waals surface area (Å²) in [6.07, 6.45) is 7.87. The highest BCUT2D eigenvalue weighted by Gasteiger charge is 2.45. The number of carbonyl (C=O) groups is 5. The number of nitrogens with two attached hydrogens (primary N) is 1. The van der Waals surface area contributed by atoms with Gasteiger partial charge in [0.25, 0.3) is 11.8 Å². The number of nitrogens with one attached hydrogen (secondary N) is 1. The topological polar surface area (TPSA) is 183 Å². The van der Waals surface area contributed by atoms with Gasteiger partial charge in [0.15, 0.2) is 5.65 Å². The number of hydrogen-bond donors (Lipinski definition) is 2. The van der Waals surface area contributed by atoms with E-state index < -0.39 is 35.5 Å². The molecule has 0 aliphatic carbocycles. The number of halogens is 1. The monoisotopic (exact) mass is 818 g/mol. The van der Waals surface area contributed by atoms with Crippen LogP contribution in [0.15, 0.2) is 78.0 Å². The summed E-state index contributed by atoms with van der Waals surface area (Å²) < 4.78 is 22.9. The molecule has 0 spiro atoms. The Balaban J connectivity index is 0.800. The predicted octanol–water partition coefficient (Wildman–Crippen LogP) is 6.70. The van der Waals surface area contributed by atoms with Gasteiger partial charge < -0.3 is 15.4 Å². The summed E-state index contributed by atoms with van der Waals surface area (Å²) in [6.45, 7) is 1.21. The first-order chi connectivity index (χ1) is 28.7. The summed E-state index contributed by atoms with van der Waals surface area (Å²) in [5, 5.41) is 7.85. The molecule has 2 atom stereocenters. The molecule has 0 saturated carbocycles. The molecule has 5 aromatic rings. The number of carbonyl (C=O) groups excluding carboxylic acids is 5. The van der Waals surface area contributed by atoms with Gasteiger partial charge in [0, 0.05) is 36.4 Å². The van der Waals surface area contributed by atoms with Gasteiger partial charge in [-0.3, -0.25) is 34.2 Å². The van der Waals surface area contributed by atoms with Crippen LogP contribution in [0, 0.1) is 5.82 Å². The van der Waals surface area contributed by atoms with E-state index >= 15 is 4.39 Å². The second kappa shape index (κ2) is 17.4. The van der Waals surface area contributed by atoms with Gasteiger partial charge >= 0.3 is 0 Å². The highest BCUT2D eigenvalue weighted by atomic mass is 32.2. The number of imide groups is 2. The van der Waals surface area contributed by atoms with Crippen molar-refractivity contribution < 1.29 is 33.1 Å². The molecule has 5 heterocycles. The third kappa shape index (κ3) is 8.40. The molecular weight excluding hydrogens is 776 g/mol. The van der Waals surface area contributed by atoms with Gasteiger partial charge in [-0.05, 0) is 86.4 Å². The van der Waals surface area contributed by atoms with Crippen LogP contribution in [-0.4, -0.2) is 84.0 Å². The summed E-state index contributed by atoms with van der Waals surface area (Å²) in [4.78, 5) is 75.2. The lowest BCUT2D eigenvalue weighted by atomic mass is 10.0. The van der Waals surface area contributed by atoms with Crippen LogP contribution in [0.25, 0.3) is 22.3 Å². The van der Waals surface area contributed by atoms with E-state index in [4.69, 9.17) is 15.6 Å². The minimum Gasteiger partial charge on any atom is -0.457 e. The van der Waals surface area contributed by atoms with Crippen LogP contribution in [0.1, 0.15) is 91.0 Å². The van der Waals surface area contributed by atoms with Crippen molar-refractivity contribution in [2.45, 2.75) is 81.2 Å². The minimum absolute atomic E-state index is 0.0116. The maximum Gasteiger partial charge on any atom is 0.262 e. The van der Waals surface area contributed by atoms with Crippen molar-refractivity contribution in [3.8, 4) is 22.8 Å². The smallest absolute Gasteiger partial charge is 0.262 e. The van der Waals surface area contributed by atoms with Crippen LogP contribution in [-0.2, 0) is 14.4 Å². The summed E-state index contributed by atoms with van der Waals surface area (Å²) in [6, 6.07) is 18.5. The zero-order chi connectivity index (χ0) is 41.0. The number of amides is 5. The second-order valence-corrected chi connectivity index (χ2v) is 16.1. The Bertz CT molecular complexity index is 2430. The van der Waals surface area contributed by atoms with E-state index in [1.807, 2.05) is 64.2 Å². The SMILES string of the molecule is Nc1ncnc2c1c(-c1ccc(Oc3ccccc3)cc1)nn2C1CCCN(C(=O)CCCCCCCSc2cc3c(cc2F)C(=O)N(C2CCC(=O)NC2=O)C3=O)C1. The first-order valence-electron chi connectivity index (χ1n) is 19.9. The number of nitrogens with zero attached hydrogens (tertiary/aromatic N) is 6. The zero-order valence-corrected chi connectivity index (χ0v) is 33.1. The molecule has 3 aliphatic heterocycles.